The molecule has 0 saturated carbocycles. The highest BCUT2D eigenvalue weighted by Gasteiger charge is 2.47. The van der Waals surface area contributed by atoms with Crippen molar-refractivity contribution in [2.24, 2.45) is 28.1 Å². The maximum absolute atomic E-state index is 14.9. The van der Waals surface area contributed by atoms with E-state index in [2.05, 4.69) is 62.1 Å². The van der Waals surface area contributed by atoms with Crippen LogP contribution >= 0.6 is 11.8 Å². The van der Waals surface area contributed by atoms with E-state index < -0.39 is 174 Å². The van der Waals surface area contributed by atoms with Crippen LogP contribution in [0.25, 0.3) is 21.8 Å². The zero-order valence-electron chi connectivity index (χ0n) is 62.2. The first kappa shape index (κ1) is 86.7. The number of carboxylic acids is 2. The predicted molar refractivity (Wildman–Crippen MR) is 400 cm³/mol. The van der Waals surface area contributed by atoms with E-state index in [0.29, 0.717) is 52.7 Å². The van der Waals surface area contributed by atoms with Gasteiger partial charge < -0.3 is 109 Å². The molecule has 11 amide bonds. The van der Waals surface area contributed by atoms with Gasteiger partial charge >= 0.3 is 18.1 Å². The number of H-pyrrole nitrogens is 3. The van der Waals surface area contributed by atoms with Crippen LogP contribution < -0.4 is 54.4 Å². The van der Waals surface area contributed by atoms with E-state index in [0.717, 1.165) is 10.9 Å². The number of hydrogen-bond donors (Lipinski definition) is 17. The fourth-order valence-corrected chi connectivity index (χ4v) is 14.4. The molecule has 0 unspecified atom stereocenters. The van der Waals surface area contributed by atoms with Crippen LogP contribution in [0.5, 0.6) is 0 Å². The van der Waals surface area contributed by atoms with Gasteiger partial charge in [-0.2, -0.15) is 24.9 Å². The largest absolute Gasteiger partial charge is 0.490 e. The highest BCUT2D eigenvalue weighted by molar-refractivity contribution is 7.98. The number of guanidine groups is 1. The van der Waals surface area contributed by atoms with Gasteiger partial charge in [0.05, 0.1) is 19.0 Å². The summed E-state index contributed by atoms with van der Waals surface area (Å²) in [7, 11) is 0. The third-order valence-electron chi connectivity index (χ3n) is 20.1. The van der Waals surface area contributed by atoms with Crippen LogP contribution in [0, 0.1) is 5.92 Å². The van der Waals surface area contributed by atoms with Crippen molar-refractivity contribution < 1.29 is 95.9 Å². The summed E-state index contributed by atoms with van der Waals surface area (Å²) in [4.78, 5) is 202. The molecule has 610 valence electrons. The first-order chi connectivity index (χ1) is 53.2. The molecule has 4 aliphatic heterocycles. The van der Waals surface area contributed by atoms with Gasteiger partial charge in [-0.1, -0.05) is 50.2 Å². The van der Waals surface area contributed by atoms with Gasteiger partial charge in [-0.05, 0) is 112 Å². The van der Waals surface area contributed by atoms with Crippen molar-refractivity contribution in [3.05, 3.63) is 90.3 Å². The van der Waals surface area contributed by atoms with Crippen molar-refractivity contribution in [2.45, 2.75) is 189 Å². The molecule has 9 rings (SSSR count). The lowest BCUT2D eigenvalue weighted by atomic mass is 9.97. The molecule has 20 N–H and O–H groups in total. The van der Waals surface area contributed by atoms with Gasteiger partial charge in [0, 0.05) is 98.1 Å². The summed E-state index contributed by atoms with van der Waals surface area (Å²) in [5.74, 6) is -12.5. The van der Waals surface area contributed by atoms with E-state index in [1.54, 1.807) is 44.6 Å². The predicted octanol–water partition coefficient (Wildman–Crippen LogP) is -1.75. The normalized spacial score (nSPS) is 19.2. The van der Waals surface area contributed by atoms with Gasteiger partial charge in [-0.15, -0.1) is 0 Å². The topological polar surface area (TPSA) is 551 Å². The van der Waals surface area contributed by atoms with Gasteiger partial charge in [-0.25, -0.2) is 14.6 Å². The van der Waals surface area contributed by atoms with E-state index >= 15 is 0 Å². The number of carbonyl (C=O) groups is 13. The third-order valence-corrected chi connectivity index (χ3v) is 20.7. The van der Waals surface area contributed by atoms with Crippen LogP contribution in [-0.2, 0) is 81.6 Å². The summed E-state index contributed by atoms with van der Waals surface area (Å²) < 4.78 is 31.7. The number of hydrogen-bond acceptors (Lipinski definition) is 19. The van der Waals surface area contributed by atoms with Crippen LogP contribution in [0.4, 0.5) is 13.2 Å². The number of nitrogens with zero attached hydrogens (tertiary/aromatic N) is 6. The number of likely N-dealkylation sites (tertiary alicyclic amines) is 4. The average molecular weight is 1590 g/mol. The molecule has 7 heterocycles. The Kier molecular flexibility index (Phi) is 30.9. The van der Waals surface area contributed by atoms with Crippen molar-refractivity contribution >= 4 is 116 Å². The number of imidazole rings is 1. The van der Waals surface area contributed by atoms with E-state index in [1.165, 1.54) is 50.8 Å². The Morgan fingerprint density at radius 3 is 1.60 bits per heavy atom. The quantitative estimate of drug-likeness (QED) is 0.0121. The fraction of sp³-hybridized carbons (Fsp3) is 0.542. The lowest BCUT2D eigenvalue weighted by Gasteiger charge is -2.40. The Bertz CT molecular complexity index is 4210. The molecule has 3 aromatic heterocycles. The Balaban J connectivity index is 0.00000214. The van der Waals surface area contributed by atoms with E-state index in [1.807, 2.05) is 36.4 Å². The smallest absolute Gasteiger partial charge is 0.480 e. The number of halogens is 3. The molecule has 40 heteroatoms. The minimum Gasteiger partial charge on any atom is -0.480 e. The number of carbonyl (C=O) groups excluding carboxylic acids is 11. The van der Waals surface area contributed by atoms with Gasteiger partial charge in [0.15, 0.2) is 5.96 Å². The first-order valence-corrected chi connectivity index (χ1v) is 38.2. The van der Waals surface area contributed by atoms with Crippen molar-refractivity contribution in [3.8, 4) is 0 Å². The molecule has 5 aromatic rings. The molecule has 0 radical (unpaired) electrons. The minimum atomic E-state index is -5.08. The van der Waals surface area contributed by atoms with Gasteiger partial charge in [0.2, 0.25) is 65.0 Å². The molecule has 0 bridgehead atoms. The number of aliphatic imine (C=N–C) groups is 1. The Morgan fingerprint density at radius 2 is 1.07 bits per heavy atom. The summed E-state index contributed by atoms with van der Waals surface area (Å²) >= 11 is 1.38. The second kappa shape index (κ2) is 39.9. The van der Waals surface area contributed by atoms with Crippen LogP contribution in [0.15, 0.2) is 78.4 Å². The molecule has 4 fully saturated rings. The van der Waals surface area contributed by atoms with E-state index in [9.17, 15) is 86.0 Å². The van der Waals surface area contributed by atoms with Gasteiger partial charge in [0.1, 0.15) is 72.5 Å². The number of thioether (sulfide) groups is 1. The number of rotatable bonds is 35. The molecule has 4 aliphatic rings. The van der Waals surface area contributed by atoms with Gasteiger partial charge in [-0.3, -0.25) is 57.7 Å². The minimum absolute atomic E-state index is 0.0118. The zero-order valence-corrected chi connectivity index (χ0v) is 63.0. The Morgan fingerprint density at radius 1 is 0.589 bits per heavy atom. The standard InChI is InChI=1S/C70H97N19O15S.C2HF3O2/c1-37(2)57(64(98)83-50(66(100)89-27-21-55(89)69(103)104)30-40-33-77-45-16-8-6-14-43(40)45)85-62(96)53-19-10-24-86(53)67(101)51(35-90)84-59(93)48(29-39-32-76-44-15-7-5-13-42(39)44)81-58(92)46(22-28-105-4)79-61(95)52-18-11-25-87(52)68(102)54-20-12-26-88(54)65(99)47(17-9-23-75-70(72)73)80-60(94)49(31-41-34-74-36-78-41)82-63(97)56(71)38(3)91;3-2(4,5)1(6)7/h5-8,13-16,32-34,36-38,46-57,76-77,90-91H,9-12,17-31,35,71H2,1-4H3,(H,74,78)(H,79,95)(H,80,94)(H,81,92)(H,82,97)(H,83,98)(H,84,93)(H,85,96)(H,103,104)(H4,72,73,75);(H,6,7)/t38-,46+,47+,48+,49+,50+,51+,52+,53+,54+,55+,56+,57+;/m1./s1. The monoisotopic (exact) mass is 1590 g/mol. The number of nitrogens with one attached hydrogen (secondary N) is 10. The van der Waals surface area contributed by atoms with E-state index in [-0.39, 0.29) is 103 Å². The number of aliphatic carboxylic acids is 2. The molecule has 13 atom stereocenters. The summed E-state index contributed by atoms with van der Waals surface area (Å²) in [5.41, 5.74) is 20.3. The van der Waals surface area contributed by atoms with Crippen LogP contribution in [-0.4, -0.2) is 279 Å². The fourth-order valence-electron chi connectivity index (χ4n) is 13.9. The molecule has 4 saturated heterocycles. The highest BCUT2D eigenvalue weighted by Crippen LogP contribution is 2.29. The number of aliphatic hydroxyl groups is 2. The summed E-state index contributed by atoms with van der Waals surface area (Å²) in [5, 5.41) is 58.6. The maximum atomic E-state index is 14.9. The third kappa shape index (κ3) is 22.5. The first-order valence-electron chi connectivity index (χ1n) is 36.8. The molecule has 112 heavy (non-hydrogen) atoms. The SMILES string of the molecule is CSCC[C@H](NC(=O)[C@@H]1CCCN1C(=O)[C@@H]1CCCN1C(=O)[C@H](CCCN=C(N)N)NC(=O)[C@H](Cc1cnc[nH]1)NC(=O)[C@@H](N)[C@@H](C)O)C(=O)N[C@@H](Cc1c[nH]c2ccccc12)C(=O)N[C@@H](CO)C(=O)N1CCC[C@H]1C(=O)N[C@H](C(=O)N[C@@H](Cc1c[nH]c2ccccc12)C(=O)N1CC[C@H]1C(=O)O)C(C)C.O=C(O)C(F)(F)F. The average Bonchev–Trinajstić information content (AvgIpc) is 1.29. The summed E-state index contributed by atoms with van der Waals surface area (Å²) in [6.07, 6.45) is 3.41. The molecule has 2 aromatic carbocycles. The number of benzene rings is 2. The van der Waals surface area contributed by atoms with Gasteiger partial charge in [0.25, 0.3) is 0 Å². The van der Waals surface area contributed by atoms with Crippen LogP contribution in [0.3, 0.4) is 0 Å². The number of aliphatic hydroxyl groups excluding tert-OH is 2. The number of alkyl halides is 3. The van der Waals surface area contributed by atoms with E-state index in [4.69, 9.17) is 27.1 Å². The molecule has 0 aliphatic carbocycles. The lowest BCUT2D eigenvalue weighted by Crippen LogP contribution is -2.63. The number of fused-ring (bicyclic) bond motifs is 2. The second-order valence-corrected chi connectivity index (χ2v) is 29.2. The number of aromatic amines is 3. The maximum Gasteiger partial charge on any atom is 0.490 e. The number of nitrogens with two attached hydrogens (primary N) is 3. The summed E-state index contributed by atoms with van der Waals surface area (Å²) in [6, 6.07) is -0.826. The second-order valence-electron chi connectivity index (χ2n) is 28.2. The Hall–Kier alpha value is -10.9. The van der Waals surface area contributed by atoms with Crippen molar-refractivity contribution in [1.82, 2.24) is 76.8 Å². The number of aromatic nitrogens is 4. The zero-order chi connectivity index (χ0) is 81.8. The summed E-state index contributed by atoms with van der Waals surface area (Å²) in [6.45, 7) is 4.20. The number of amides is 11. The molecular formula is C72H98F3N19O17S. The molecule has 36 nitrogen and oxygen atoms in total. The van der Waals surface area contributed by atoms with Crippen molar-refractivity contribution in [2.75, 3.05) is 51.3 Å². The molecule has 0 spiro atoms. The highest BCUT2D eigenvalue weighted by atomic mass is 32.2. The molecular weight excluding hydrogens is 1490 g/mol. The lowest BCUT2D eigenvalue weighted by molar-refractivity contribution is -0.192. The van der Waals surface area contributed by atoms with Crippen LogP contribution in [0.1, 0.15) is 102 Å². The van der Waals surface area contributed by atoms with Crippen LogP contribution in [0.2, 0.25) is 0 Å². The van der Waals surface area contributed by atoms with Crippen molar-refractivity contribution in [1.29, 1.82) is 0 Å². The number of carboxylic acid groups (broad SMARTS) is 2. The number of para-hydroxylation sites is 2. The van der Waals surface area contributed by atoms with Crippen molar-refractivity contribution in [3.63, 3.8) is 0 Å². The Labute approximate surface area is 645 Å².